The van der Waals surface area contributed by atoms with E-state index in [9.17, 15) is 8.78 Å². The van der Waals surface area contributed by atoms with Gasteiger partial charge in [0.05, 0.1) is 0 Å². The number of hydrogen-bond donors (Lipinski definition) is 0. The van der Waals surface area contributed by atoms with Crippen LogP contribution in [0.3, 0.4) is 0 Å². The molecule has 0 saturated heterocycles. The number of unbranched alkanes of at least 4 members (excludes halogenated alkanes) is 1. The Balaban J connectivity index is 1.59. The van der Waals surface area contributed by atoms with Crippen molar-refractivity contribution in [2.45, 2.75) is 77.1 Å². The van der Waals surface area contributed by atoms with Crippen LogP contribution in [-0.4, -0.2) is 5.92 Å². The van der Waals surface area contributed by atoms with Gasteiger partial charge in [0.2, 0.25) is 5.92 Å². The third-order valence-electron chi connectivity index (χ3n) is 6.00. The topological polar surface area (TPSA) is 0 Å². The molecule has 1 aliphatic rings. The average molecular weight is 371 g/mol. The maximum Gasteiger partial charge on any atom is 0.249 e. The first-order chi connectivity index (χ1) is 12.9. The quantitative estimate of drug-likeness (QED) is 0.463. The summed E-state index contributed by atoms with van der Waals surface area (Å²) in [5.41, 5.74) is 4.39. The Hall–Kier alpha value is -1.70. The van der Waals surface area contributed by atoms with Gasteiger partial charge in [-0.05, 0) is 66.7 Å². The van der Waals surface area contributed by atoms with Crippen LogP contribution in [0.25, 0.3) is 11.1 Å². The summed E-state index contributed by atoms with van der Waals surface area (Å²) in [6.07, 6.45) is 9.25. The Bertz CT molecular complexity index is 687. The van der Waals surface area contributed by atoms with Gasteiger partial charge in [0.25, 0.3) is 0 Å². The molecule has 2 aromatic rings. The Morgan fingerprint density at radius 1 is 0.852 bits per heavy atom. The Kier molecular flexibility index (Phi) is 6.68. The van der Waals surface area contributed by atoms with Crippen molar-refractivity contribution in [3.05, 3.63) is 59.7 Å². The van der Waals surface area contributed by atoms with Gasteiger partial charge in [-0.3, -0.25) is 0 Å². The summed E-state index contributed by atoms with van der Waals surface area (Å²) in [4.78, 5) is 0. The highest BCUT2D eigenvalue weighted by molar-refractivity contribution is 5.64. The van der Waals surface area contributed by atoms with Gasteiger partial charge in [0.1, 0.15) is 0 Å². The van der Waals surface area contributed by atoms with E-state index in [4.69, 9.17) is 0 Å². The van der Waals surface area contributed by atoms with Crippen LogP contribution in [0.15, 0.2) is 48.5 Å². The third-order valence-corrected chi connectivity index (χ3v) is 6.00. The first-order valence-corrected chi connectivity index (χ1v) is 10.5. The second kappa shape index (κ2) is 8.99. The molecule has 1 saturated carbocycles. The zero-order valence-corrected chi connectivity index (χ0v) is 16.7. The highest BCUT2D eigenvalue weighted by atomic mass is 19.3. The highest BCUT2D eigenvalue weighted by Gasteiger charge is 2.22. The molecule has 1 aliphatic carbocycles. The minimum atomic E-state index is -2.65. The van der Waals surface area contributed by atoms with E-state index in [0.717, 1.165) is 24.0 Å². The largest absolute Gasteiger partial charge is 0.249 e. The summed E-state index contributed by atoms with van der Waals surface area (Å²) in [6.45, 7) is 3.25. The molecule has 0 amide bonds. The van der Waals surface area contributed by atoms with E-state index in [-0.39, 0.29) is 6.42 Å². The fourth-order valence-corrected chi connectivity index (χ4v) is 4.40. The van der Waals surface area contributed by atoms with E-state index >= 15 is 0 Å². The summed E-state index contributed by atoms with van der Waals surface area (Å²) in [7, 11) is 0. The first-order valence-electron chi connectivity index (χ1n) is 10.5. The molecular weight excluding hydrogens is 338 g/mol. The number of hydrogen-bond acceptors (Lipinski definition) is 0. The van der Waals surface area contributed by atoms with Crippen LogP contribution < -0.4 is 0 Å². The van der Waals surface area contributed by atoms with Gasteiger partial charge >= 0.3 is 0 Å². The molecule has 0 N–H and O–H groups in total. The normalized spacial score (nSPS) is 20.6. The molecule has 0 radical (unpaired) electrons. The molecule has 2 aromatic carbocycles. The van der Waals surface area contributed by atoms with Crippen LogP contribution >= 0.6 is 0 Å². The van der Waals surface area contributed by atoms with Crippen LogP contribution in [0.5, 0.6) is 0 Å². The van der Waals surface area contributed by atoms with Crippen LogP contribution in [-0.2, 0) is 6.42 Å². The highest BCUT2D eigenvalue weighted by Crippen LogP contribution is 2.38. The second-order valence-electron chi connectivity index (χ2n) is 8.43. The van der Waals surface area contributed by atoms with Crippen molar-refractivity contribution in [1.29, 1.82) is 0 Å². The van der Waals surface area contributed by atoms with E-state index in [0.29, 0.717) is 11.5 Å². The van der Waals surface area contributed by atoms with Gasteiger partial charge in [-0.25, -0.2) is 8.78 Å². The number of halogens is 2. The van der Waals surface area contributed by atoms with Crippen molar-refractivity contribution < 1.29 is 8.78 Å². The Labute approximate surface area is 163 Å². The van der Waals surface area contributed by atoms with E-state index in [2.05, 4.69) is 31.2 Å². The molecule has 27 heavy (non-hydrogen) atoms. The second-order valence-corrected chi connectivity index (χ2v) is 8.43. The Morgan fingerprint density at radius 2 is 1.41 bits per heavy atom. The number of alkyl halides is 2. The summed E-state index contributed by atoms with van der Waals surface area (Å²) in [5, 5.41) is 0. The fraction of sp³-hybridized carbons (Fsp3) is 0.520. The molecule has 146 valence electrons. The molecule has 3 rings (SSSR count). The third kappa shape index (κ3) is 5.89. The zero-order chi connectivity index (χ0) is 19.3. The molecule has 0 aromatic heterocycles. The standard InChI is InChI=1S/C25H32F2/c1-3-4-5-19-6-10-21(11-7-19)23-14-16-24(17-15-23)22-12-8-20(9-13-22)18-25(2,26)27/h8-9,12-17,19,21H,3-7,10-11,18H2,1-2H3. The molecule has 0 spiro atoms. The predicted octanol–water partition coefficient (Wildman–Crippen LogP) is 8.02. The first kappa shape index (κ1) is 20.0. The maximum absolute atomic E-state index is 13.1. The SMILES string of the molecule is CCCCC1CCC(c2ccc(-c3ccc(CC(C)(F)F)cc3)cc2)CC1. The van der Waals surface area contributed by atoms with Crippen LogP contribution in [0, 0.1) is 5.92 Å². The van der Waals surface area contributed by atoms with Gasteiger partial charge in [-0.15, -0.1) is 0 Å². The van der Waals surface area contributed by atoms with E-state index in [1.807, 2.05) is 24.3 Å². The molecule has 0 aliphatic heterocycles. The molecule has 1 fully saturated rings. The summed E-state index contributed by atoms with van der Waals surface area (Å²) in [6, 6.07) is 16.4. The summed E-state index contributed by atoms with van der Waals surface area (Å²) < 4.78 is 26.3. The van der Waals surface area contributed by atoms with Crippen LogP contribution in [0.1, 0.15) is 75.8 Å². The molecular formula is C25H32F2. The van der Waals surface area contributed by atoms with Crippen molar-refractivity contribution in [3.63, 3.8) is 0 Å². The molecule has 0 atom stereocenters. The molecule has 2 heteroatoms. The van der Waals surface area contributed by atoms with E-state index < -0.39 is 5.92 Å². The lowest BCUT2D eigenvalue weighted by Gasteiger charge is -2.29. The Morgan fingerprint density at radius 3 is 1.93 bits per heavy atom. The lowest BCUT2D eigenvalue weighted by atomic mass is 9.77. The smallest absolute Gasteiger partial charge is 0.207 e. The summed E-state index contributed by atoms with van der Waals surface area (Å²) >= 11 is 0. The fourth-order valence-electron chi connectivity index (χ4n) is 4.40. The summed E-state index contributed by atoms with van der Waals surface area (Å²) in [5.74, 6) is -1.01. The maximum atomic E-state index is 13.1. The monoisotopic (exact) mass is 370 g/mol. The molecule has 0 unspecified atom stereocenters. The molecule has 0 heterocycles. The van der Waals surface area contributed by atoms with Crippen molar-refractivity contribution in [2.24, 2.45) is 5.92 Å². The van der Waals surface area contributed by atoms with Gasteiger partial charge in [-0.1, -0.05) is 74.7 Å². The van der Waals surface area contributed by atoms with Gasteiger partial charge < -0.3 is 0 Å². The van der Waals surface area contributed by atoms with E-state index in [1.165, 1.54) is 50.5 Å². The van der Waals surface area contributed by atoms with Crippen molar-refractivity contribution in [1.82, 2.24) is 0 Å². The van der Waals surface area contributed by atoms with Gasteiger partial charge in [0, 0.05) is 6.42 Å². The minimum Gasteiger partial charge on any atom is -0.207 e. The van der Waals surface area contributed by atoms with E-state index in [1.54, 1.807) is 0 Å². The molecule has 0 bridgehead atoms. The van der Waals surface area contributed by atoms with Crippen molar-refractivity contribution >= 4 is 0 Å². The lowest BCUT2D eigenvalue weighted by Crippen LogP contribution is -2.13. The van der Waals surface area contributed by atoms with Crippen molar-refractivity contribution in [2.75, 3.05) is 0 Å². The molecule has 0 nitrogen and oxygen atoms in total. The number of benzene rings is 2. The average Bonchev–Trinajstić information content (AvgIpc) is 2.66. The zero-order valence-electron chi connectivity index (χ0n) is 16.7. The predicted molar refractivity (Wildman–Crippen MR) is 110 cm³/mol. The van der Waals surface area contributed by atoms with Crippen LogP contribution in [0.4, 0.5) is 8.78 Å². The van der Waals surface area contributed by atoms with Gasteiger partial charge in [0.15, 0.2) is 0 Å². The van der Waals surface area contributed by atoms with Crippen molar-refractivity contribution in [3.8, 4) is 11.1 Å². The minimum absolute atomic E-state index is 0.201. The van der Waals surface area contributed by atoms with Gasteiger partial charge in [-0.2, -0.15) is 0 Å². The van der Waals surface area contributed by atoms with Crippen LogP contribution in [0.2, 0.25) is 0 Å². The lowest BCUT2D eigenvalue weighted by molar-refractivity contribution is 0.0226. The number of rotatable bonds is 7.